The molecule has 3 aromatic rings. The summed E-state index contributed by atoms with van der Waals surface area (Å²) in [6.45, 7) is 5.40. The second-order valence-corrected chi connectivity index (χ2v) is 6.51. The fraction of sp³-hybridized carbons (Fsp3) is 0.300. The molecule has 1 amide bonds. The molecule has 1 unspecified atom stereocenters. The fourth-order valence-electron chi connectivity index (χ4n) is 3.56. The number of nitrogens with one attached hydrogen (secondary N) is 1. The lowest BCUT2D eigenvalue weighted by atomic mass is 10.1. The number of hydrogen-bond acceptors (Lipinski definition) is 3. The van der Waals surface area contributed by atoms with Crippen molar-refractivity contribution in [3.63, 3.8) is 0 Å². The van der Waals surface area contributed by atoms with Crippen LogP contribution in [-0.2, 0) is 0 Å². The highest BCUT2D eigenvalue weighted by molar-refractivity contribution is 6.05. The van der Waals surface area contributed by atoms with Crippen LogP contribution in [0.2, 0.25) is 0 Å². The number of fused-ring (bicyclic) bond motifs is 1. The van der Waals surface area contributed by atoms with Gasteiger partial charge in [0.25, 0.3) is 5.91 Å². The van der Waals surface area contributed by atoms with Crippen molar-refractivity contribution in [3.05, 3.63) is 66.1 Å². The Labute approximate surface area is 147 Å². The monoisotopic (exact) mass is 334 g/mol. The molecule has 25 heavy (non-hydrogen) atoms. The first kappa shape index (κ1) is 15.8. The molecule has 1 N–H and O–H groups in total. The number of H-pyrrole nitrogens is 1. The molecule has 0 saturated carbocycles. The summed E-state index contributed by atoms with van der Waals surface area (Å²) in [5.74, 6) is 0.109. The van der Waals surface area contributed by atoms with Gasteiger partial charge in [0.15, 0.2) is 0 Å². The lowest BCUT2D eigenvalue weighted by Gasteiger charge is -2.37. The molecule has 0 radical (unpaired) electrons. The van der Waals surface area contributed by atoms with Crippen LogP contribution >= 0.6 is 0 Å². The zero-order valence-electron chi connectivity index (χ0n) is 14.4. The molecule has 0 aliphatic carbocycles. The Bertz CT molecular complexity index is 866. The van der Waals surface area contributed by atoms with Crippen molar-refractivity contribution in [2.75, 3.05) is 26.2 Å². The van der Waals surface area contributed by atoms with E-state index in [4.69, 9.17) is 0 Å². The lowest BCUT2D eigenvalue weighted by molar-refractivity contribution is 0.0580. The Morgan fingerprint density at radius 2 is 1.92 bits per heavy atom. The molecule has 5 heteroatoms. The molecule has 5 nitrogen and oxygen atoms in total. The minimum atomic E-state index is 0.109. The Balaban J connectivity index is 1.45. The average molecular weight is 334 g/mol. The fourth-order valence-corrected chi connectivity index (χ4v) is 3.56. The predicted molar refractivity (Wildman–Crippen MR) is 98.4 cm³/mol. The zero-order valence-corrected chi connectivity index (χ0v) is 14.4. The zero-order chi connectivity index (χ0) is 17.2. The van der Waals surface area contributed by atoms with E-state index in [1.165, 1.54) is 0 Å². The maximum absolute atomic E-state index is 12.9. The minimum Gasteiger partial charge on any atom is -0.361 e. The second-order valence-electron chi connectivity index (χ2n) is 6.51. The summed E-state index contributed by atoms with van der Waals surface area (Å²) in [5, 5.41) is 1.08. The Kier molecular flexibility index (Phi) is 4.24. The van der Waals surface area contributed by atoms with Crippen LogP contribution < -0.4 is 0 Å². The molecular weight excluding hydrogens is 312 g/mol. The highest BCUT2D eigenvalue weighted by Crippen LogP contribution is 2.22. The number of amides is 1. The van der Waals surface area contributed by atoms with Crippen molar-refractivity contribution in [2.45, 2.75) is 13.0 Å². The first-order valence-corrected chi connectivity index (χ1v) is 8.74. The van der Waals surface area contributed by atoms with Crippen LogP contribution in [-0.4, -0.2) is 51.9 Å². The van der Waals surface area contributed by atoms with Crippen LogP contribution in [0.25, 0.3) is 10.9 Å². The smallest absolute Gasteiger partial charge is 0.256 e. The van der Waals surface area contributed by atoms with Gasteiger partial charge >= 0.3 is 0 Å². The number of carbonyl (C=O) groups excluding carboxylic acids is 1. The highest BCUT2D eigenvalue weighted by atomic mass is 16.2. The number of pyridine rings is 1. The van der Waals surface area contributed by atoms with E-state index in [0.717, 1.165) is 48.3 Å². The first-order chi connectivity index (χ1) is 12.2. The minimum absolute atomic E-state index is 0.109. The molecule has 2 aromatic heterocycles. The third-order valence-electron chi connectivity index (χ3n) is 5.08. The van der Waals surface area contributed by atoms with E-state index in [9.17, 15) is 4.79 Å². The van der Waals surface area contributed by atoms with Gasteiger partial charge in [0.1, 0.15) is 0 Å². The number of hydrogen-bond donors (Lipinski definition) is 1. The third-order valence-corrected chi connectivity index (χ3v) is 5.08. The molecule has 128 valence electrons. The van der Waals surface area contributed by atoms with E-state index >= 15 is 0 Å². The third kappa shape index (κ3) is 3.03. The molecule has 1 aromatic carbocycles. The van der Waals surface area contributed by atoms with E-state index in [0.29, 0.717) is 0 Å². The molecule has 1 fully saturated rings. The standard InChI is InChI=1S/C20H22N4O/c1-15(18-7-2-3-9-21-18)23-11-13-24(14-12-23)20(25)17-6-4-5-16-8-10-22-19(16)17/h2-10,15,22H,11-14H2,1H3. The maximum atomic E-state index is 12.9. The van der Waals surface area contributed by atoms with Crippen LogP contribution in [0.3, 0.4) is 0 Å². The number of aromatic nitrogens is 2. The number of carbonyl (C=O) groups is 1. The molecule has 1 aliphatic rings. The van der Waals surface area contributed by atoms with Gasteiger partial charge in [-0.3, -0.25) is 14.7 Å². The van der Waals surface area contributed by atoms with Gasteiger partial charge in [0.05, 0.1) is 16.8 Å². The summed E-state index contributed by atoms with van der Waals surface area (Å²) in [5.41, 5.74) is 2.77. The van der Waals surface area contributed by atoms with Gasteiger partial charge in [0, 0.05) is 50.0 Å². The molecular formula is C20H22N4O. The highest BCUT2D eigenvalue weighted by Gasteiger charge is 2.26. The number of nitrogens with zero attached hydrogens (tertiary/aromatic N) is 3. The van der Waals surface area contributed by atoms with Crippen molar-refractivity contribution >= 4 is 16.8 Å². The average Bonchev–Trinajstić information content (AvgIpc) is 3.16. The molecule has 0 spiro atoms. The molecule has 0 bridgehead atoms. The van der Waals surface area contributed by atoms with Gasteiger partial charge in [0.2, 0.25) is 0 Å². The van der Waals surface area contributed by atoms with Gasteiger partial charge in [-0.25, -0.2) is 0 Å². The molecule has 3 heterocycles. The van der Waals surface area contributed by atoms with E-state index in [2.05, 4.69) is 27.9 Å². The predicted octanol–water partition coefficient (Wildman–Crippen LogP) is 3.08. The van der Waals surface area contributed by atoms with Gasteiger partial charge in [-0.15, -0.1) is 0 Å². The first-order valence-electron chi connectivity index (χ1n) is 8.74. The van der Waals surface area contributed by atoms with Gasteiger partial charge in [-0.1, -0.05) is 18.2 Å². The number of rotatable bonds is 3. The van der Waals surface area contributed by atoms with Crippen molar-refractivity contribution in [2.24, 2.45) is 0 Å². The summed E-state index contributed by atoms with van der Waals surface area (Å²) in [6.07, 6.45) is 3.72. The van der Waals surface area contributed by atoms with Crippen molar-refractivity contribution in [1.82, 2.24) is 19.8 Å². The van der Waals surface area contributed by atoms with Crippen molar-refractivity contribution in [3.8, 4) is 0 Å². The van der Waals surface area contributed by atoms with Crippen LogP contribution in [0.1, 0.15) is 29.0 Å². The van der Waals surface area contributed by atoms with Crippen molar-refractivity contribution in [1.29, 1.82) is 0 Å². The lowest BCUT2D eigenvalue weighted by Crippen LogP contribution is -2.49. The van der Waals surface area contributed by atoms with E-state index in [-0.39, 0.29) is 11.9 Å². The van der Waals surface area contributed by atoms with E-state index < -0.39 is 0 Å². The number of piperazine rings is 1. The number of para-hydroxylation sites is 1. The van der Waals surface area contributed by atoms with Gasteiger partial charge in [-0.05, 0) is 31.2 Å². The summed E-state index contributed by atoms with van der Waals surface area (Å²) in [7, 11) is 0. The van der Waals surface area contributed by atoms with Crippen molar-refractivity contribution < 1.29 is 4.79 Å². The summed E-state index contributed by atoms with van der Waals surface area (Å²) in [6, 6.07) is 14.2. The Hall–Kier alpha value is -2.66. The SMILES string of the molecule is CC(c1ccccn1)N1CCN(C(=O)c2cccc3cc[nH]c23)CC1. The Morgan fingerprint density at radius 1 is 1.08 bits per heavy atom. The molecule has 1 aliphatic heterocycles. The topological polar surface area (TPSA) is 52.2 Å². The van der Waals surface area contributed by atoms with Gasteiger partial charge < -0.3 is 9.88 Å². The van der Waals surface area contributed by atoms with E-state index in [1.807, 2.05) is 53.7 Å². The van der Waals surface area contributed by atoms with Gasteiger partial charge in [-0.2, -0.15) is 0 Å². The van der Waals surface area contributed by atoms with Crippen LogP contribution in [0.5, 0.6) is 0 Å². The normalized spacial score (nSPS) is 16.9. The quantitative estimate of drug-likeness (QED) is 0.801. The van der Waals surface area contributed by atoms with E-state index in [1.54, 1.807) is 0 Å². The largest absolute Gasteiger partial charge is 0.361 e. The Morgan fingerprint density at radius 3 is 2.68 bits per heavy atom. The summed E-state index contributed by atoms with van der Waals surface area (Å²) < 4.78 is 0. The summed E-state index contributed by atoms with van der Waals surface area (Å²) >= 11 is 0. The molecule has 4 rings (SSSR count). The van der Waals surface area contributed by atoms with Crippen LogP contribution in [0.15, 0.2) is 54.9 Å². The van der Waals surface area contributed by atoms with Crippen LogP contribution in [0, 0.1) is 0 Å². The van der Waals surface area contributed by atoms with Crippen LogP contribution in [0.4, 0.5) is 0 Å². The molecule has 1 atom stereocenters. The number of aromatic amines is 1. The molecule has 1 saturated heterocycles. The maximum Gasteiger partial charge on any atom is 0.256 e. The summed E-state index contributed by atoms with van der Waals surface area (Å²) in [4.78, 5) is 24.9. The number of benzene rings is 1. The second kappa shape index (κ2) is 6.69.